The van der Waals surface area contributed by atoms with E-state index in [-0.39, 0.29) is 11.8 Å². The Labute approximate surface area is 114 Å². The molecule has 106 valence electrons. The first-order valence-corrected chi connectivity index (χ1v) is 7.19. The van der Waals surface area contributed by atoms with Gasteiger partial charge in [0.25, 0.3) is 0 Å². The molecule has 0 saturated heterocycles. The number of nitrogen functional groups attached to an aromatic ring is 1. The third-order valence-electron chi connectivity index (χ3n) is 3.99. The number of nitrogens with zero attached hydrogens (tertiary/aromatic N) is 2. The molecule has 1 aromatic rings. The van der Waals surface area contributed by atoms with Crippen LogP contribution >= 0.6 is 0 Å². The number of rotatable bonds is 2. The summed E-state index contributed by atoms with van der Waals surface area (Å²) in [6.07, 6.45) is 8.08. The average molecular weight is 264 g/mol. The molecule has 0 radical (unpaired) electrons. The van der Waals surface area contributed by atoms with Crippen molar-refractivity contribution < 1.29 is 4.79 Å². The Bertz CT molecular complexity index is 445. The molecule has 1 amide bonds. The van der Waals surface area contributed by atoms with E-state index < -0.39 is 0 Å². The highest BCUT2D eigenvalue weighted by Crippen LogP contribution is 2.26. The summed E-state index contributed by atoms with van der Waals surface area (Å²) >= 11 is 0. The lowest BCUT2D eigenvalue weighted by Crippen LogP contribution is -2.25. The van der Waals surface area contributed by atoms with Gasteiger partial charge in [0.1, 0.15) is 0 Å². The molecular weight excluding hydrogens is 240 g/mol. The maximum atomic E-state index is 12.3. The summed E-state index contributed by atoms with van der Waals surface area (Å²) < 4.78 is 1.64. The van der Waals surface area contributed by atoms with Gasteiger partial charge < -0.3 is 11.1 Å². The number of aryl methyl sites for hydroxylation is 2. The summed E-state index contributed by atoms with van der Waals surface area (Å²) in [5.41, 5.74) is 7.27. The molecule has 0 spiro atoms. The van der Waals surface area contributed by atoms with Crippen molar-refractivity contribution in [3.8, 4) is 0 Å². The van der Waals surface area contributed by atoms with Gasteiger partial charge in [-0.2, -0.15) is 5.10 Å². The van der Waals surface area contributed by atoms with Crippen LogP contribution in [0.2, 0.25) is 0 Å². The molecule has 3 N–H and O–H groups in total. The number of aromatic nitrogens is 2. The fourth-order valence-electron chi connectivity index (χ4n) is 2.76. The van der Waals surface area contributed by atoms with Crippen molar-refractivity contribution in [2.24, 2.45) is 13.0 Å². The Morgan fingerprint density at radius 3 is 2.37 bits per heavy atom. The zero-order valence-corrected chi connectivity index (χ0v) is 11.9. The highest BCUT2D eigenvalue weighted by Gasteiger charge is 2.21. The molecule has 1 aliphatic rings. The molecule has 1 fully saturated rings. The van der Waals surface area contributed by atoms with Gasteiger partial charge in [0, 0.05) is 13.0 Å². The van der Waals surface area contributed by atoms with Gasteiger partial charge in [-0.1, -0.05) is 32.1 Å². The molecule has 1 aliphatic carbocycles. The minimum atomic E-state index is 0.0941. The molecule has 1 aromatic heterocycles. The molecule has 5 nitrogen and oxygen atoms in total. The summed E-state index contributed by atoms with van der Waals surface area (Å²) in [6.45, 7) is 1.85. The van der Waals surface area contributed by atoms with Crippen LogP contribution in [0.4, 0.5) is 11.5 Å². The van der Waals surface area contributed by atoms with Gasteiger partial charge in [-0.15, -0.1) is 0 Å². The smallest absolute Gasteiger partial charge is 0.228 e. The zero-order valence-electron chi connectivity index (χ0n) is 11.9. The van der Waals surface area contributed by atoms with E-state index in [4.69, 9.17) is 5.73 Å². The topological polar surface area (TPSA) is 72.9 Å². The number of hydrogen-bond acceptors (Lipinski definition) is 3. The van der Waals surface area contributed by atoms with E-state index in [0.29, 0.717) is 11.5 Å². The minimum Gasteiger partial charge on any atom is -0.394 e. The van der Waals surface area contributed by atoms with Crippen molar-refractivity contribution in [3.63, 3.8) is 0 Å². The fraction of sp³-hybridized carbons (Fsp3) is 0.714. The second kappa shape index (κ2) is 6.08. The molecule has 0 aromatic carbocycles. The number of anilines is 2. The van der Waals surface area contributed by atoms with Crippen LogP contribution < -0.4 is 11.1 Å². The molecule has 19 heavy (non-hydrogen) atoms. The van der Waals surface area contributed by atoms with Crippen LogP contribution in [0.25, 0.3) is 0 Å². The van der Waals surface area contributed by atoms with Crippen LogP contribution in [-0.2, 0) is 11.8 Å². The van der Waals surface area contributed by atoms with Crippen LogP contribution in [0.15, 0.2) is 0 Å². The normalized spacial score (nSPS) is 17.8. The second-order valence-corrected chi connectivity index (χ2v) is 5.50. The lowest BCUT2D eigenvalue weighted by Gasteiger charge is -2.19. The SMILES string of the molecule is Cc1nn(C)c(NC(=O)C2CCCCCCC2)c1N. The van der Waals surface area contributed by atoms with Crippen LogP contribution in [0.3, 0.4) is 0 Å². The first-order chi connectivity index (χ1) is 9.09. The predicted octanol–water partition coefficient (Wildman–Crippen LogP) is 2.61. The molecule has 0 atom stereocenters. The van der Waals surface area contributed by atoms with Gasteiger partial charge in [-0.25, -0.2) is 0 Å². The van der Waals surface area contributed by atoms with Crippen molar-refractivity contribution in [1.29, 1.82) is 0 Å². The zero-order chi connectivity index (χ0) is 13.8. The highest BCUT2D eigenvalue weighted by atomic mass is 16.2. The molecule has 2 rings (SSSR count). The Kier molecular flexibility index (Phi) is 4.45. The van der Waals surface area contributed by atoms with E-state index in [9.17, 15) is 4.79 Å². The molecule has 0 aliphatic heterocycles. The van der Waals surface area contributed by atoms with Gasteiger partial charge >= 0.3 is 0 Å². The van der Waals surface area contributed by atoms with E-state index >= 15 is 0 Å². The summed E-state index contributed by atoms with van der Waals surface area (Å²) in [5, 5.41) is 7.17. The third-order valence-corrected chi connectivity index (χ3v) is 3.99. The fourth-order valence-corrected chi connectivity index (χ4v) is 2.76. The van der Waals surface area contributed by atoms with Gasteiger partial charge in [0.05, 0.1) is 11.4 Å². The standard InChI is InChI=1S/C14H24N4O/c1-10-12(15)13(18(2)17-10)16-14(19)11-8-6-4-3-5-7-9-11/h11H,3-9,15H2,1-2H3,(H,16,19). The lowest BCUT2D eigenvalue weighted by atomic mass is 9.90. The molecule has 0 unspecified atom stereocenters. The maximum Gasteiger partial charge on any atom is 0.228 e. The van der Waals surface area contributed by atoms with E-state index in [1.54, 1.807) is 11.7 Å². The number of amides is 1. The summed E-state index contributed by atoms with van der Waals surface area (Å²) in [4.78, 5) is 12.3. The van der Waals surface area contributed by atoms with Crippen molar-refractivity contribution in [1.82, 2.24) is 9.78 Å². The molecule has 5 heteroatoms. The number of carbonyl (C=O) groups is 1. The van der Waals surface area contributed by atoms with E-state index in [0.717, 1.165) is 31.4 Å². The number of carbonyl (C=O) groups excluding carboxylic acids is 1. The van der Waals surface area contributed by atoms with E-state index in [2.05, 4.69) is 10.4 Å². The summed E-state index contributed by atoms with van der Waals surface area (Å²) in [7, 11) is 1.80. The van der Waals surface area contributed by atoms with Crippen molar-refractivity contribution in [3.05, 3.63) is 5.69 Å². The lowest BCUT2D eigenvalue weighted by molar-refractivity contribution is -0.120. The van der Waals surface area contributed by atoms with Crippen molar-refractivity contribution in [2.75, 3.05) is 11.1 Å². The minimum absolute atomic E-state index is 0.0941. The summed E-state index contributed by atoms with van der Waals surface area (Å²) in [5.74, 6) is 0.844. The van der Waals surface area contributed by atoms with Crippen LogP contribution in [0, 0.1) is 12.8 Å². The van der Waals surface area contributed by atoms with Gasteiger partial charge in [-0.05, 0) is 19.8 Å². The largest absolute Gasteiger partial charge is 0.394 e. The van der Waals surface area contributed by atoms with Crippen LogP contribution in [-0.4, -0.2) is 15.7 Å². The monoisotopic (exact) mass is 264 g/mol. The average Bonchev–Trinajstić information content (AvgIpc) is 2.55. The molecule has 1 saturated carbocycles. The van der Waals surface area contributed by atoms with Crippen molar-refractivity contribution in [2.45, 2.75) is 51.9 Å². The Hall–Kier alpha value is -1.52. The summed E-state index contributed by atoms with van der Waals surface area (Å²) in [6, 6.07) is 0. The van der Waals surface area contributed by atoms with Gasteiger partial charge in [0.2, 0.25) is 5.91 Å². The first kappa shape index (κ1) is 13.9. The Morgan fingerprint density at radius 1 is 1.26 bits per heavy atom. The highest BCUT2D eigenvalue weighted by molar-refractivity contribution is 5.94. The van der Waals surface area contributed by atoms with Gasteiger partial charge in [-0.3, -0.25) is 9.48 Å². The molecule has 0 bridgehead atoms. The maximum absolute atomic E-state index is 12.3. The quantitative estimate of drug-likeness (QED) is 0.862. The van der Waals surface area contributed by atoms with Crippen molar-refractivity contribution >= 4 is 17.4 Å². The number of nitrogens with one attached hydrogen (secondary N) is 1. The van der Waals surface area contributed by atoms with E-state index in [1.807, 2.05) is 6.92 Å². The van der Waals surface area contributed by atoms with Gasteiger partial charge in [0.15, 0.2) is 5.82 Å². The second-order valence-electron chi connectivity index (χ2n) is 5.50. The third kappa shape index (κ3) is 3.28. The number of nitrogens with two attached hydrogens (primary N) is 1. The van der Waals surface area contributed by atoms with E-state index in [1.165, 1.54) is 19.3 Å². The Morgan fingerprint density at radius 2 is 1.84 bits per heavy atom. The first-order valence-electron chi connectivity index (χ1n) is 7.19. The predicted molar refractivity (Wildman–Crippen MR) is 76.8 cm³/mol. The van der Waals surface area contributed by atoms with Crippen LogP contribution in [0.5, 0.6) is 0 Å². The molecular formula is C14H24N4O. The molecule has 1 heterocycles. The number of hydrogen-bond donors (Lipinski definition) is 2. The Balaban J connectivity index is 2.02. The van der Waals surface area contributed by atoms with Crippen LogP contribution in [0.1, 0.15) is 50.6 Å².